The fourth-order valence-corrected chi connectivity index (χ4v) is 5.50. The Balaban J connectivity index is 1.30. The fourth-order valence-electron chi connectivity index (χ4n) is 5.50. The topological polar surface area (TPSA) is 82.2 Å². The lowest BCUT2D eigenvalue weighted by Crippen LogP contribution is -2.40. The number of piperidine rings is 1. The molecule has 10 heteroatoms. The Morgan fingerprint density at radius 1 is 1.18 bits per heavy atom. The first kappa shape index (κ1) is 27.6. The summed E-state index contributed by atoms with van der Waals surface area (Å²) in [4.78, 5) is 34.8. The second kappa shape index (κ2) is 12.1. The van der Waals surface area contributed by atoms with Crippen LogP contribution in [-0.4, -0.2) is 61.8 Å². The van der Waals surface area contributed by atoms with Crippen LogP contribution in [0.1, 0.15) is 45.1 Å². The molecule has 3 aliphatic rings. The second-order valence-corrected chi connectivity index (χ2v) is 10.7. The zero-order chi connectivity index (χ0) is 28.2. The van der Waals surface area contributed by atoms with Gasteiger partial charge in [-0.25, -0.2) is 18.8 Å². The molecule has 5 rings (SSSR count). The number of oxime groups is 1. The molecule has 0 aromatic heterocycles. The van der Waals surface area contributed by atoms with E-state index in [9.17, 15) is 9.18 Å². The van der Waals surface area contributed by atoms with Crippen molar-refractivity contribution < 1.29 is 18.4 Å². The van der Waals surface area contributed by atoms with E-state index in [-0.39, 0.29) is 17.5 Å². The molecule has 0 atom stereocenters. The number of nitrogens with zero attached hydrogens (tertiary/aromatic N) is 6. The van der Waals surface area contributed by atoms with Gasteiger partial charge in [-0.3, -0.25) is 9.79 Å². The number of hydrogen-bond acceptors (Lipinski definition) is 7. The maximum atomic E-state index is 15.1. The second-order valence-electron chi connectivity index (χ2n) is 10.7. The van der Waals surface area contributed by atoms with E-state index in [0.29, 0.717) is 66.5 Å². The normalized spacial score (nSPS) is 18.2. The highest BCUT2D eigenvalue weighted by Crippen LogP contribution is 2.38. The van der Waals surface area contributed by atoms with Crippen molar-refractivity contribution >= 4 is 42.1 Å². The number of anilines is 1. The molecule has 0 aliphatic carbocycles. The molecule has 2 fully saturated rings. The highest BCUT2D eigenvalue weighted by atomic mass is 19.1. The van der Waals surface area contributed by atoms with Gasteiger partial charge in [-0.05, 0) is 60.6 Å². The lowest BCUT2D eigenvalue weighted by molar-refractivity contribution is -0.117. The average molecular weight is 549 g/mol. The first-order valence-electron chi connectivity index (χ1n) is 13.8. The summed E-state index contributed by atoms with van der Waals surface area (Å²) in [5.74, 6) is 0.963. The third kappa shape index (κ3) is 5.95. The molecule has 2 aromatic carbocycles. The Bertz CT molecular complexity index is 1380. The third-order valence-corrected chi connectivity index (χ3v) is 7.66. The number of amidine groups is 1. The molecule has 8 nitrogen and oxygen atoms in total. The Morgan fingerprint density at radius 2 is 1.98 bits per heavy atom. The predicted octanol–water partition coefficient (Wildman–Crippen LogP) is 5.77. The molecule has 0 radical (unpaired) electrons. The molecular formula is C30H34F2N6O2. The molecule has 210 valence electrons. The number of rotatable bonds is 6. The van der Waals surface area contributed by atoms with Crippen LogP contribution >= 0.6 is 0 Å². The number of carbonyl (C=O) groups excluding carboxylic acids is 1. The highest BCUT2D eigenvalue weighted by molar-refractivity contribution is 5.97. The van der Waals surface area contributed by atoms with Crippen molar-refractivity contribution in [2.75, 3.05) is 31.1 Å². The summed E-state index contributed by atoms with van der Waals surface area (Å²) in [5.41, 5.74) is 2.52. The number of fused-ring (bicyclic) bond motifs is 1. The summed E-state index contributed by atoms with van der Waals surface area (Å²) < 4.78 is 30.0. The van der Waals surface area contributed by atoms with Crippen LogP contribution in [0.4, 0.5) is 20.2 Å². The molecule has 2 saturated heterocycles. The summed E-state index contributed by atoms with van der Waals surface area (Å²) >= 11 is 0. The minimum atomic E-state index is -0.514. The monoisotopic (exact) mass is 548 g/mol. The van der Waals surface area contributed by atoms with E-state index in [2.05, 4.69) is 31.8 Å². The molecule has 40 heavy (non-hydrogen) atoms. The highest BCUT2D eigenvalue weighted by Gasteiger charge is 2.26. The van der Waals surface area contributed by atoms with Gasteiger partial charge in [-0.1, -0.05) is 25.1 Å². The van der Waals surface area contributed by atoms with Gasteiger partial charge in [0.1, 0.15) is 23.8 Å². The largest absolute Gasteiger partial charge is 0.360 e. The van der Waals surface area contributed by atoms with Gasteiger partial charge in [0, 0.05) is 57.2 Å². The minimum Gasteiger partial charge on any atom is -0.360 e. The Morgan fingerprint density at radius 3 is 2.65 bits per heavy atom. The Labute approximate surface area is 233 Å². The molecule has 0 saturated carbocycles. The molecular weight excluding hydrogens is 514 g/mol. The van der Waals surface area contributed by atoms with Crippen LogP contribution < -0.4 is 4.90 Å². The van der Waals surface area contributed by atoms with E-state index < -0.39 is 11.6 Å². The molecule has 2 aromatic rings. The van der Waals surface area contributed by atoms with Gasteiger partial charge in [0.15, 0.2) is 0 Å². The standard InChI is InChI=1S/C30H34F2N6O2/c1-19(2)30(40-33-3)34-17-20-8-11-37(12-9-20)27-15-22-13-23(31)16-24(29(22)36-18-35-27)21-6-7-26(25(32)14-21)38-10-4-5-28(38)39/h6-7,13-14,16,18-20H,3-5,8-12,15,17H2,1-2H3. The lowest BCUT2D eigenvalue weighted by atomic mass is 9.95. The van der Waals surface area contributed by atoms with E-state index in [1.807, 2.05) is 13.8 Å². The number of halogens is 2. The maximum absolute atomic E-state index is 15.1. The summed E-state index contributed by atoms with van der Waals surface area (Å²) in [5, 5.41) is 3.50. The molecule has 3 heterocycles. The number of aliphatic imine (C=N–C) groups is 3. The van der Waals surface area contributed by atoms with Gasteiger partial charge >= 0.3 is 0 Å². The first-order valence-corrected chi connectivity index (χ1v) is 13.8. The molecule has 1 amide bonds. The average Bonchev–Trinajstić information content (AvgIpc) is 3.24. The zero-order valence-corrected chi connectivity index (χ0v) is 22.9. The Kier molecular flexibility index (Phi) is 8.32. The van der Waals surface area contributed by atoms with Crippen molar-refractivity contribution in [1.29, 1.82) is 0 Å². The van der Waals surface area contributed by atoms with Gasteiger partial charge in [0.2, 0.25) is 11.8 Å². The molecule has 0 bridgehead atoms. The van der Waals surface area contributed by atoms with Crippen molar-refractivity contribution in [2.24, 2.45) is 32.0 Å². The van der Waals surface area contributed by atoms with Crippen LogP contribution in [0.25, 0.3) is 11.1 Å². The van der Waals surface area contributed by atoms with Gasteiger partial charge < -0.3 is 14.6 Å². The van der Waals surface area contributed by atoms with E-state index >= 15 is 4.39 Å². The number of benzene rings is 2. The molecule has 3 aliphatic heterocycles. The number of amides is 1. The lowest BCUT2D eigenvalue weighted by Gasteiger charge is -2.33. The van der Waals surface area contributed by atoms with E-state index in [4.69, 9.17) is 4.84 Å². The van der Waals surface area contributed by atoms with Crippen LogP contribution in [0.5, 0.6) is 0 Å². The van der Waals surface area contributed by atoms with Crippen molar-refractivity contribution in [3.8, 4) is 11.1 Å². The van der Waals surface area contributed by atoms with Crippen molar-refractivity contribution in [3.63, 3.8) is 0 Å². The predicted molar refractivity (Wildman–Crippen MR) is 155 cm³/mol. The van der Waals surface area contributed by atoms with E-state index in [1.54, 1.807) is 12.1 Å². The van der Waals surface area contributed by atoms with Gasteiger partial charge in [0.25, 0.3) is 0 Å². The van der Waals surface area contributed by atoms with E-state index in [1.165, 1.54) is 29.4 Å². The van der Waals surface area contributed by atoms with E-state index in [0.717, 1.165) is 31.8 Å². The van der Waals surface area contributed by atoms with Crippen molar-refractivity contribution in [3.05, 3.63) is 47.5 Å². The van der Waals surface area contributed by atoms with Crippen LogP contribution in [0.3, 0.4) is 0 Å². The van der Waals surface area contributed by atoms with Crippen LogP contribution in [0, 0.1) is 23.5 Å². The zero-order valence-electron chi connectivity index (χ0n) is 22.9. The summed E-state index contributed by atoms with van der Waals surface area (Å²) in [6.07, 6.45) is 4.94. The first-order chi connectivity index (χ1) is 19.3. The van der Waals surface area contributed by atoms with Crippen LogP contribution in [0.15, 0.2) is 50.5 Å². The van der Waals surface area contributed by atoms with Gasteiger partial charge in [-0.2, -0.15) is 0 Å². The van der Waals surface area contributed by atoms with Gasteiger partial charge in [-0.15, -0.1) is 0 Å². The minimum absolute atomic E-state index is 0.0865. The van der Waals surface area contributed by atoms with Crippen molar-refractivity contribution in [1.82, 2.24) is 4.90 Å². The third-order valence-electron chi connectivity index (χ3n) is 7.66. The smallest absolute Gasteiger partial charge is 0.227 e. The Hall–Kier alpha value is -3.95. The van der Waals surface area contributed by atoms with Crippen LogP contribution in [-0.2, 0) is 16.1 Å². The molecule has 0 N–H and O–H groups in total. The summed E-state index contributed by atoms with van der Waals surface area (Å²) in [6, 6.07) is 7.51. The number of carbonyl (C=O) groups is 1. The number of likely N-dealkylation sites (tertiary alicyclic amines) is 1. The maximum Gasteiger partial charge on any atom is 0.227 e. The number of hydrogen-bond donors (Lipinski definition) is 0. The SMILES string of the molecule is C=NOC(=NCC1CCN(C2=NC=Nc3c(cc(F)cc3-c3ccc(N4CCCC4=O)c(F)c3)C2)CC1)C(C)C. The fraction of sp³-hybridized carbons (Fsp3) is 0.433. The quantitative estimate of drug-likeness (QED) is 0.261. The molecule has 0 spiro atoms. The summed E-state index contributed by atoms with van der Waals surface area (Å²) in [7, 11) is 0. The van der Waals surface area contributed by atoms with Crippen molar-refractivity contribution in [2.45, 2.75) is 46.0 Å². The van der Waals surface area contributed by atoms with Crippen LogP contribution in [0.2, 0.25) is 0 Å². The summed E-state index contributed by atoms with van der Waals surface area (Å²) in [6.45, 7) is 10.2. The van der Waals surface area contributed by atoms with Gasteiger partial charge in [0.05, 0.1) is 11.4 Å². The molecule has 0 unspecified atom stereocenters.